The van der Waals surface area contributed by atoms with Crippen molar-refractivity contribution in [2.45, 2.75) is 12.5 Å². The second-order valence-corrected chi connectivity index (χ2v) is 4.83. The maximum absolute atomic E-state index is 13.1. The van der Waals surface area contributed by atoms with Crippen molar-refractivity contribution in [1.29, 1.82) is 0 Å². The summed E-state index contributed by atoms with van der Waals surface area (Å²) in [6, 6.07) is 4.13. The van der Waals surface area contributed by atoms with Crippen molar-refractivity contribution in [3.8, 4) is 11.4 Å². The van der Waals surface area contributed by atoms with Crippen LogP contribution < -0.4 is 5.73 Å². The van der Waals surface area contributed by atoms with E-state index < -0.39 is 0 Å². The minimum atomic E-state index is -0.370. The van der Waals surface area contributed by atoms with E-state index in [0.29, 0.717) is 34.8 Å². The van der Waals surface area contributed by atoms with E-state index >= 15 is 0 Å². The summed E-state index contributed by atoms with van der Waals surface area (Å²) in [6.45, 7) is 0.515. The van der Waals surface area contributed by atoms with Gasteiger partial charge in [-0.1, -0.05) is 5.16 Å². The van der Waals surface area contributed by atoms with Gasteiger partial charge in [0, 0.05) is 19.3 Å². The summed E-state index contributed by atoms with van der Waals surface area (Å²) in [4.78, 5) is 4.20. The first kappa shape index (κ1) is 14.1. The van der Waals surface area contributed by atoms with Crippen molar-refractivity contribution in [2.24, 2.45) is 5.73 Å². The molecule has 19 heavy (non-hydrogen) atoms. The Labute approximate surface area is 118 Å². The molecule has 0 fully saturated rings. The Morgan fingerprint density at radius 3 is 3.00 bits per heavy atom. The highest BCUT2D eigenvalue weighted by Crippen LogP contribution is 2.24. The molecule has 2 aromatic rings. The number of hydrogen-bond acceptors (Lipinski definition) is 5. The van der Waals surface area contributed by atoms with Gasteiger partial charge in [-0.05, 0) is 40.5 Å². The second kappa shape index (κ2) is 6.23. The van der Waals surface area contributed by atoms with Crippen LogP contribution in [0.2, 0.25) is 0 Å². The van der Waals surface area contributed by atoms with Gasteiger partial charge in [0.2, 0.25) is 11.7 Å². The first-order valence-corrected chi connectivity index (χ1v) is 6.44. The lowest BCUT2D eigenvalue weighted by Gasteiger charge is -2.04. The van der Waals surface area contributed by atoms with Crippen molar-refractivity contribution in [1.82, 2.24) is 10.1 Å². The van der Waals surface area contributed by atoms with Crippen LogP contribution in [0.3, 0.4) is 0 Å². The molecule has 1 aromatic heterocycles. The van der Waals surface area contributed by atoms with E-state index in [1.54, 1.807) is 19.2 Å². The van der Waals surface area contributed by atoms with Crippen LogP contribution in [-0.4, -0.2) is 23.9 Å². The zero-order valence-electron chi connectivity index (χ0n) is 10.3. The van der Waals surface area contributed by atoms with E-state index in [1.165, 1.54) is 6.07 Å². The molecular weight excluding hydrogens is 317 g/mol. The predicted molar refractivity (Wildman–Crippen MR) is 70.8 cm³/mol. The first-order valence-electron chi connectivity index (χ1n) is 5.65. The zero-order valence-corrected chi connectivity index (χ0v) is 11.9. The molecule has 0 spiro atoms. The van der Waals surface area contributed by atoms with E-state index in [2.05, 4.69) is 26.1 Å². The summed E-state index contributed by atoms with van der Waals surface area (Å²) in [7, 11) is 1.60. The van der Waals surface area contributed by atoms with Crippen molar-refractivity contribution >= 4 is 15.9 Å². The summed E-state index contributed by atoms with van der Waals surface area (Å²) < 4.78 is 23.5. The molecular formula is C12H13BrFN3O2. The molecule has 0 saturated heterocycles. The Bertz CT molecular complexity index is 562. The Morgan fingerprint density at radius 1 is 1.53 bits per heavy atom. The van der Waals surface area contributed by atoms with Gasteiger partial charge in [-0.2, -0.15) is 4.98 Å². The molecule has 0 radical (unpaired) electrons. The van der Waals surface area contributed by atoms with Crippen LogP contribution in [0.4, 0.5) is 4.39 Å². The monoisotopic (exact) mass is 329 g/mol. The number of benzene rings is 1. The summed E-state index contributed by atoms with van der Waals surface area (Å²) in [5.74, 6) is 0.375. The third kappa shape index (κ3) is 3.37. The van der Waals surface area contributed by atoms with Crippen molar-refractivity contribution < 1.29 is 13.7 Å². The lowest BCUT2D eigenvalue weighted by molar-refractivity contribution is 0.182. The fraction of sp³-hybridized carbons (Fsp3) is 0.333. The summed E-state index contributed by atoms with van der Waals surface area (Å²) >= 11 is 3.11. The number of methoxy groups -OCH3 is 1. The quantitative estimate of drug-likeness (QED) is 0.912. The van der Waals surface area contributed by atoms with Gasteiger partial charge < -0.3 is 15.0 Å². The molecule has 102 valence electrons. The minimum absolute atomic E-state index is 0.340. The standard InChI is InChI=1S/C12H13BrFN3O2/c1-18-5-4-10(15)12-16-11(17-19-12)7-2-3-9(14)8(13)6-7/h2-3,6,10H,4-5,15H2,1H3. The molecule has 1 atom stereocenters. The van der Waals surface area contributed by atoms with E-state index in [-0.39, 0.29) is 11.9 Å². The Morgan fingerprint density at radius 2 is 2.32 bits per heavy atom. The summed E-state index contributed by atoms with van der Waals surface area (Å²) in [5.41, 5.74) is 6.54. The van der Waals surface area contributed by atoms with Gasteiger partial charge in [0.25, 0.3) is 0 Å². The molecule has 1 aromatic carbocycles. The predicted octanol–water partition coefficient (Wildman–Crippen LogP) is 2.67. The number of nitrogens with zero attached hydrogens (tertiary/aromatic N) is 2. The van der Waals surface area contributed by atoms with Gasteiger partial charge in [-0.15, -0.1) is 0 Å². The van der Waals surface area contributed by atoms with E-state index in [4.69, 9.17) is 15.0 Å². The van der Waals surface area contributed by atoms with Crippen molar-refractivity contribution in [3.63, 3.8) is 0 Å². The highest BCUT2D eigenvalue weighted by atomic mass is 79.9. The highest BCUT2D eigenvalue weighted by molar-refractivity contribution is 9.10. The largest absolute Gasteiger partial charge is 0.385 e. The van der Waals surface area contributed by atoms with Crippen LogP contribution in [0.25, 0.3) is 11.4 Å². The normalized spacial score (nSPS) is 12.6. The van der Waals surface area contributed by atoms with Crippen LogP contribution in [0.15, 0.2) is 27.2 Å². The smallest absolute Gasteiger partial charge is 0.243 e. The topological polar surface area (TPSA) is 74.2 Å². The maximum Gasteiger partial charge on any atom is 0.243 e. The van der Waals surface area contributed by atoms with E-state index in [9.17, 15) is 4.39 Å². The Balaban J connectivity index is 2.18. The highest BCUT2D eigenvalue weighted by Gasteiger charge is 2.16. The third-order valence-corrected chi connectivity index (χ3v) is 3.18. The van der Waals surface area contributed by atoms with E-state index in [0.717, 1.165) is 0 Å². The molecule has 7 heteroatoms. The number of nitrogens with two attached hydrogens (primary N) is 1. The van der Waals surface area contributed by atoms with Gasteiger partial charge in [0.15, 0.2) is 0 Å². The zero-order chi connectivity index (χ0) is 13.8. The lowest BCUT2D eigenvalue weighted by atomic mass is 10.2. The lowest BCUT2D eigenvalue weighted by Crippen LogP contribution is -2.12. The number of aromatic nitrogens is 2. The fourth-order valence-corrected chi connectivity index (χ4v) is 1.89. The number of ether oxygens (including phenoxy) is 1. The Kier molecular flexibility index (Phi) is 4.62. The van der Waals surface area contributed by atoms with Gasteiger partial charge in [0.05, 0.1) is 10.5 Å². The SMILES string of the molecule is COCCC(N)c1nc(-c2ccc(F)c(Br)c2)no1. The van der Waals surface area contributed by atoms with Crippen LogP contribution >= 0.6 is 15.9 Å². The molecule has 2 N–H and O–H groups in total. The Hall–Kier alpha value is -1.31. The van der Waals surface area contributed by atoms with Crippen molar-refractivity contribution in [3.05, 3.63) is 34.4 Å². The van der Waals surface area contributed by atoms with Crippen LogP contribution in [0.5, 0.6) is 0 Å². The van der Waals surface area contributed by atoms with Crippen LogP contribution in [0, 0.1) is 5.82 Å². The molecule has 5 nitrogen and oxygen atoms in total. The van der Waals surface area contributed by atoms with Crippen molar-refractivity contribution in [2.75, 3.05) is 13.7 Å². The van der Waals surface area contributed by atoms with Gasteiger partial charge >= 0.3 is 0 Å². The summed E-state index contributed by atoms with van der Waals surface area (Å²) in [5, 5.41) is 3.84. The molecule has 1 heterocycles. The molecule has 0 amide bonds. The second-order valence-electron chi connectivity index (χ2n) is 3.97. The molecule has 0 aliphatic heterocycles. The number of rotatable bonds is 5. The molecule has 0 aliphatic carbocycles. The van der Waals surface area contributed by atoms with Gasteiger partial charge in [-0.3, -0.25) is 0 Å². The number of halogens is 2. The average molecular weight is 330 g/mol. The molecule has 0 saturated carbocycles. The minimum Gasteiger partial charge on any atom is -0.385 e. The van der Waals surface area contributed by atoms with Gasteiger partial charge in [-0.25, -0.2) is 4.39 Å². The number of hydrogen-bond donors (Lipinski definition) is 1. The first-order chi connectivity index (χ1) is 9.11. The molecule has 1 unspecified atom stereocenters. The molecule has 2 rings (SSSR count). The molecule has 0 bridgehead atoms. The third-order valence-electron chi connectivity index (χ3n) is 2.57. The van der Waals surface area contributed by atoms with Gasteiger partial charge in [0.1, 0.15) is 5.82 Å². The summed E-state index contributed by atoms with van der Waals surface area (Å²) in [6.07, 6.45) is 0.589. The van der Waals surface area contributed by atoms with Crippen LogP contribution in [-0.2, 0) is 4.74 Å². The molecule has 0 aliphatic rings. The average Bonchev–Trinajstić information content (AvgIpc) is 2.89. The fourth-order valence-electron chi connectivity index (χ4n) is 1.51. The van der Waals surface area contributed by atoms with E-state index in [1.807, 2.05) is 0 Å². The van der Waals surface area contributed by atoms with Crippen LogP contribution in [0.1, 0.15) is 18.4 Å². The maximum atomic E-state index is 13.1.